The molecule has 0 spiro atoms. The summed E-state index contributed by atoms with van der Waals surface area (Å²) in [5.74, 6) is -1.03. The summed E-state index contributed by atoms with van der Waals surface area (Å²) in [7, 11) is -1.61. The van der Waals surface area contributed by atoms with Gasteiger partial charge in [0.2, 0.25) is 0 Å². The first-order valence-corrected chi connectivity index (χ1v) is 21.6. The van der Waals surface area contributed by atoms with Crippen LogP contribution in [0.15, 0.2) is 132 Å². The van der Waals surface area contributed by atoms with Gasteiger partial charge in [0, 0.05) is 40.9 Å². The monoisotopic (exact) mass is 921 g/mol. The maximum Gasteiger partial charge on any atom is 3.00 e. The van der Waals surface area contributed by atoms with E-state index in [-0.39, 0.29) is 37.7 Å². The summed E-state index contributed by atoms with van der Waals surface area (Å²) in [4.78, 5) is 6.86. The van der Waals surface area contributed by atoms with E-state index in [0.29, 0.717) is 17.7 Å². The van der Waals surface area contributed by atoms with Gasteiger partial charge in [-0.25, -0.2) is 4.39 Å². The predicted octanol–water partition coefficient (Wildman–Crippen LogP) is 12.9. The van der Waals surface area contributed by atoms with Gasteiger partial charge in [-0.05, 0) is 57.5 Å². The van der Waals surface area contributed by atoms with Gasteiger partial charge in [-0.3, -0.25) is 0 Å². The SMILES string of the molecule is Fc1ccc2c(c1)oc1c(C3[N-]c4cc5ccccc5cc4N3Cc3ccccc3)[c-]ccc12.[2H]C([2H])([2H])c1c[c-]c(-c2cc(C([2H])(C)C)c([Si](C)(C)C)cn2)cc1.[Ir+3]. The van der Waals surface area contributed by atoms with Crippen LogP contribution in [0.2, 0.25) is 19.6 Å². The van der Waals surface area contributed by atoms with Crippen molar-refractivity contribution < 1.29 is 34.4 Å². The maximum absolute atomic E-state index is 13.9. The van der Waals surface area contributed by atoms with Crippen LogP contribution in [0.3, 0.4) is 0 Å². The third-order valence-corrected chi connectivity index (χ3v) is 11.9. The van der Waals surface area contributed by atoms with Crippen molar-refractivity contribution in [2.24, 2.45) is 0 Å². The van der Waals surface area contributed by atoms with Crippen molar-refractivity contribution in [3.63, 3.8) is 0 Å². The molecule has 0 fully saturated rings. The van der Waals surface area contributed by atoms with Crippen molar-refractivity contribution in [1.29, 1.82) is 0 Å². The van der Waals surface area contributed by atoms with Gasteiger partial charge in [-0.2, -0.15) is 18.2 Å². The van der Waals surface area contributed by atoms with Crippen LogP contribution in [0.4, 0.5) is 15.8 Å². The summed E-state index contributed by atoms with van der Waals surface area (Å²) in [5.41, 5.74) is 8.05. The fraction of sp³-hybridized carbons (Fsp3) is 0.188. The second kappa shape index (κ2) is 15.6. The molecule has 0 N–H and O–H groups in total. The molecule has 55 heavy (non-hydrogen) atoms. The predicted molar refractivity (Wildman–Crippen MR) is 225 cm³/mol. The molecule has 0 aliphatic carbocycles. The summed E-state index contributed by atoms with van der Waals surface area (Å²) in [6.07, 6.45) is 1.58. The molecule has 4 nitrogen and oxygen atoms in total. The van der Waals surface area contributed by atoms with Gasteiger partial charge in [0.25, 0.3) is 0 Å². The molecule has 0 radical (unpaired) electrons. The van der Waals surface area contributed by atoms with Gasteiger partial charge >= 0.3 is 20.1 Å². The van der Waals surface area contributed by atoms with Gasteiger partial charge in [0.05, 0.1) is 8.07 Å². The standard InChI is InChI=1S/C30H19FN2O.C18H24NSi.Ir/c31-22-13-14-23-24-11-6-12-25(29(24)34-28(23)17-22)30-32-26-15-20-9-4-5-10-21(20)16-27(26)33(30)18-19-7-2-1-3-8-19;1-13(2)16-11-17(15-9-7-14(3)8-10-15)19-12-18(16)20(4,5)6;/h1-11,13-17,30H,18H2;7-9,11-13H,1-6H3;/q-2;-1;+3/i;3D3,13D;. The Kier molecular flexibility index (Phi) is 9.43. The van der Waals surface area contributed by atoms with Crippen molar-refractivity contribution in [1.82, 2.24) is 4.98 Å². The molecule has 9 rings (SSSR count). The van der Waals surface area contributed by atoms with Crippen LogP contribution in [0.1, 0.15) is 53.6 Å². The summed E-state index contributed by atoms with van der Waals surface area (Å²) in [6.45, 7) is 9.08. The van der Waals surface area contributed by atoms with E-state index in [1.54, 1.807) is 18.2 Å². The number of aromatic nitrogens is 1. The second-order valence-electron chi connectivity index (χ2n) is 15.0. The minimum atomic E-state index is -2.13. The van der Waals surface area contributed by atoms with Crippen LogP contribution >= 0.6 is 0 Å². The number of pyridine rings is 1. The van der Waals surface area contributed by atoms with Crippen molar-refractivity contribution in [2.75, 3.05) is 4.90 Å². The number of rotatable bonds is 6. The third kappa shape index (κ3) is 7.75. The summed E-state index contributed by atoms with van der Waals surface area (Å²) in [5, 5.41) is 10.5. The molecule has 1 aliphatic rings. The molecule has 8 aromatic rings. The van der Waals surface area contributed by atoms with Gasteiger partial charge in [0.15, 0.2) is 0 Å². The third-order valence-electron chi connectivity index (χ3n) is 9.93. The topological polar surface area (TPSA) is 43.4 Å². The Hall–Kier alpha value is -5.07. The molecule has 1 unspecified atom stereocenters. The first-order chi connectivity index (χ1) is 27.5. The normalized spacial score (nSPS) is 15.2. The second-order valence-corrected chi connectivity index (χ2v) is 20.1. The number of benzene rings is 6. The maximum atomic E-state index is 13.9. The Balaban J connectivity index is 0.000000188. The van der Waals surface area contributed by atoms with Gasteiger partial charge in [-0.1, -0.05) is 118 Å². The number of fused-ring (bicyclic) bond motifs is 5. The summed E-state index contributed by atoms with van der Waals surface area (Å²) in [6, 6.07) is 44.9. The number of anilines is 1. The zero-order valence-electron chi connectivity index (χ0n) is 35.4. The van der Waals surface area contributed by atoms with Crippen LogP contribution in [0, 0.1) is 24.8 Å². The van der Waals surface area contributed by atoms with Crippen LogP contribution in [-0.4, -0.2) is 13.1 Å². The molecular formula is C48H43FIrN3OSi. The van der Waals surface area contributed by atoms with Crippen molar-refractivity contribution in [2.45, 2.75) is 58.9 Å². The zero-order chi connectivity index (χ0) is 41.0. The van der Waals surface area contributed by atoms with Gasteiger partial charge < -0.3 is 19.6 Å². The Labute approximate surface area is 343 Å². The number of nitrogens with zero attached hydrogens (tertiary/aromatic N) is 3. The van der Waals surface area contributed by atoms with Crippen LogP contribution < -0.4 is 10.1 Å². The largest absolute Gasteiger partial charge is 3.00 e. The van der Waals surface area contributed by atoms with E-state index < -0.39 is 20.8 Å². The van der Waals surface area contributed by atoms with E-state index in [1.165, 1.54) is 34.3 Å². The summed E-state index contributed by atoms with van der Waals surface area (Å²) < 4.78 is 50.9. The first kappa shape index (κ1) is 33.3. The van der Waals surface area contributed by atoms with Crippen molar-refractivity contribution >= 4 is 57.3 Å². The number of halogens is 1. The Morgan fingerprint density at radius 3 is 2.38 bits per heavy atom. The average molecular weight is 921 g/mol. The Bertz CT molecular complexity index is 2780. The van der Waals surface area contributed by atoms with E-state index in [4.69, 9.17) is 15.2 Å². The molecule has 0 saturated heterocycles. The van der Waals surface area contributed by atoms with Crippen molar-refractivity contribution in [3.8, 4) is 11.3 Å². The first-order valence-electron chi connectivity index (χ1n) is 20.1. The molecule has 3 heterocycles. The van der Waals surface area contributed by atoms with E-state index >= 15 is 0 Å². The number of hydrogen-bond acceptors (Lipinski definition) is 3. The molecule has 0 bridgehead atoms. The summed E-state index contributed by atoms with van der Waals surface area (Å²) >= 11 is 0. The van der Waals surface area contributed by atoms with E-state index in [2.05, 4.69) is 96.3 Å². The Morgan fingerprint density at radius 2 is 1.67 bits per heavy atom. The molecule has 6 aromatic carbocycles. The molecule has 1 atom stereocenters. The van der Waals surface area contributed by atoms with Gasteiger partial charge in [0.1, 0.15) is 11.4 Å². The molecular weight excluding hydrogens is 874 g/mol. The average Bonchev–Trinajstić information content (AvgIpc) is 3.73. The fourth-order valence-electron chi connectivity index (χ4n) is 7.18. The molecule has 7 heteroatoms. The minimum absolute atomic E-state index is 0. The number of furan rings is 1. The molecule has 0 amide bonds. The molecule has 1 aliphatic heterocycles. The number of aryl methyl sites for hydroxylation is 1. The van der Waals surface area contributed by atoms with Gasteiger partial charge in [-0.15, -0.1) is 46.6 Å². The smallest absolute Gasteiger partial charge is 0.661 e. The fourth-order valence-corrected chi connectivity index (χ4v) is 8.76. The van der Waals surface area contributed by atoms with Crippen LogP contribution in [0.5, 0.6) is 0 Å². The van der Waals surface area contributed by atoms with E-state index in [0.717, 1.165) is 49.9 Å². The zero-order valence-corrected chi connectivity index (χ0v) is 34.8. The molecule has 276 valence electrons. The Morgan fingerprint density at radius 1 is 0.909 bits per heavy atom. The van der Waals surface area contributed by atoms with Crippen molar-refractivity contribution in [3.05, 3.63) is 173 Å². The molecule has 2 aromatic heterocycles. The minimum Gasteiger partial charge on any atom is -0.661 e. The molecule has 0 saturated carbocycles. The van der Waals surface area contributed by atoms with Crippen LogP contribution in [0.25, 0.3) is 49.3 Å². The number of hydrogen-bond donors (Lipinski definition) is 0. The van der Waals surface area contributed by atoms with Crippen LogP contribution in [-0.2, 0) is 26.7 Å². The van der Waals surface area contributed by atoms with E-state index in [1.807, 2.05) is 50.4 Å². The quantitative estimate of drug-likeness (QED) is 0.123. The van der Waals surface area contributed by atoms with E-state index in [9.17, 15) is 4.39 Å².